The van der Waals surface area contributed by atoms with E-state index >= 15 is 0 Å². The Bertz CT molecular complexity index is 717. The molecule has 0 bridgehead atoms. The smallest absolute Gasteiger partial charge is 0.269 e. The van der Waals surface area contributed by atoms with Crippen LogP contribution >= 0.6 is 0 Å². The number of aromatic nitrogens is 2. The lowest BCUT2D eigenvalue weighted by Gasteiger charge is -2.13. The Balaban J connectivity index is 2.68. The summed E-state index contributed by atoms with van der Waals surface area (Å²) in [6, 6.07) is 3.36. The van der Waals surface area contributed by atoms with Gasteiger partial charge < -0.3 is 4.74 Å². The molecule has 6 heteroatoms. The van der Waals surface area contributed by atoms with Gasteiger partial charge in [-0.1, -0.05) is 6.07 Å². The van der Waals surface area contributed by atoms with Gasteiger partial charge in [-0.05, 0) is 31.9 Å². The van der Waals surface area contributed by atoms with Crippen molar-refractivity contribution in [2.24, 2.45) is 0 Å². The lowest BCUT2D eigenvalue weighted by Crippen LogP contribution is -2.15. The van der Waals surface area contributed by atoms with E-state index in [0.29, 0.717) is 17.1 Å². The minimum atomic E-state index is -3.63. The Morgan fingerprint density at radius 2 is 1.84 bits per heavy atom. The van der Waals surface area contributed by atoms with Crippen LogP contribution in [0.1, 0.15) is 17.0 Å². The lowest BCUT2D eigenvalue weighted by molar-refractivity contribution is 0.410. The first kappa shape index (κ1) is 13.6. The maximum Gasteiger partial charge on any atom is 0.269 e. The van der Waals surface area contributed by atoms with Gasteiger partial charge in [0, 0.05) is 18.5 Å². The van der Waals surface area contributed by atoms with Crippen molar-refractivity contribution in [1.29, 1.82) is 0 Å². The molecule has 1 heterocycles. The highest BCUT2D eigenvalue weighted by atomic mass is 32.2. The second kappa shape index (κ2) is 4.70. The molecule has 0 fully saturated rings. The molecule has 0 aliphatic carbocycles. The van der Waals surface area contributed by atoms with E-state index in [1.54, 1.807) is 26.0 Å². The van der Waals surface area contributed by atoms with Crippen LogP contribution in [0.2, 0.25) is 0 Å². The second-order valence-corrected chi connectivity index (χ2v) is 6.15. The van der Waals surface area contributed by atoms with Crippen molar-refractivity contribution in [3.05, 3.63) is 41.5 Å². The Kier molecular flexibility index (Phi) is 3.36. The fourth-order valence-electron chi connectivity index (χ4n) is 2.04. The van der Waals surface area contributed by atoms with Crippen molar-refractivity contribution < 1.29 is 13.2 Å². The number of imidazole rings is 1. The summed E-state index contributed by atoms with van der Waals surface area (Å²) in [5, 5.41) is 0. The molecule has 0 atom stereocenters. The molecule has 19 heavy (non-hydrogen) atoms. The van der Waals surface area contributed by atoms with Gasteiger partial charge in [0.15, 0.2) is 0 Å². The zero-order valence-corrected chi connectivity index (χ0v) is 12.2. The number of benzene rings is 1. The normalized spacial score (nSPS) is 11.6. The monoisotopic (exact) mass is 280 g/mol. The molecular weight excluding hydrogens is 264 g/mol. The van der Waals surface area contributed by atoms with Gasteiger partial charge in [-0.25, -0.2) is 17.4 Å². The maximum atomic E-state index is 12.6. The fourth-order valence-corrected chi connectivity index (χ4v) is 3.58. The van der Waals surface area contributed by atoms with Crippen molar-refractivity contribution in [3.8, 4) is 5.75 Å². The first-order chi connectivity index (χ1) is 8.87. The van der Waals surface area contributed by atoms with E-state index in [9.17, 15) is 8.42 Å². The van der Waals surface area contributed by atoms with Gasteiger partial charge in [0.25, 0.3) is 10.0 Å². The van der Waals surface area contributed by atoms with Crippen LogP contribution in [0.5, 0.6) is 5.75 Å². The van der Waals surface area contributed by atoms with Crippen LogP contribution in [-0.4, -0.2) is 24.5 Å². The van der Waals surface area contributed by atoms with Crippen molar-refractivity contribution in [1.82, 2.24) is 8.96 Å². The summed E-state index contributed by atoms with van der Waals surface area (Å²) in [5.74, 6) is 0.987. The van der Waals surface area contributed by atoms with Gasteiger partial charge in [-0.3, -0.25) is 0 Å². The van der Waals surface area contributed by atoms with Crippen LogP contribution in [0.25, 0.3) is 0 Å². The summed E-state index contributed by atoms with van der Waals surface area (Å²) < 4.78 is 31.5. The number of rotatable bonds is 3. The molecule has 2 aromatic rings. The lowest BCUT2D eigenvalue weighted by atomic mass is 10.1. The molecule has 102 valence electrons. The van der Waals surface area contributed by atoms with Gasteiger partial charge in [0.1, 0.15) is 11.6 Å². The SMILES string of the molecule is COc1cc(S(=O)(=O)n2ccnc2C)c(C)cc1C. The summed E-state index contributed by atoms with van der Waals surface area (Å²) in [5.41, 5.74) is 1.59. The predicted molar refractivity (Wildman–Crippen MR) is 72.0 cm³/mol. The van der Waals surface area contributed by atoms with Crippen molar-refractivity contribution >= 4 is 10.0 Å². The highest BCUT2D eigenvalue weighted by molar-refractivity contribution is 7.90. The first-order valence-corrected chi connectivity index (χ1v) is 7.22. The van der Waals surface area contributed by atoms with E-state index in [0.717, 1.165) is 5.56 Å². The van der Waals surface area contributed by atoms with Crippen molar-refractivity contribution in [3.63, 3.8) is 0 Å². The third-order valence-electron chi connectivity index (χ3n) is 3.01. The average Bonchev–Trinajstić information content (AvgIpc) is 2.76. The number of ether oxygens (including phenoxy) is 1. The molecular formula is C13H16N2O3S. The summed E-state index contributed by atoms with van der Waals surface area (Å²) in [6.45, 7) is 5.30. The quantitative estimate of drug-likeness (QED) is 0.863. The fraction of sp³-hybridized carbons (Fsp3) is 0.308. The summed E-state index contributed by atoms with van der Waals surface area (Å²) in [6.07, 6.45) is 2.91. The van der Waals surface area contributed by atoms with E-state index < -0.39 is 10.0 Å². The molecule has 0 spiro atoms. The highest BCUT2D eigenvalue weighted by Crippen LogP contribution is 2.27. The van der Waals surface area contributed by atoms with Crippen LogP contribution in [0, 0.1) is 20.8 Å². The highest BCUT2D eigenvalue weighted by Gasteiger charge is 2.22. The van der Waals surface area contributed by atoms with Crippen LogP contribution in [0.3, 0.4) is 0 Å². The summed E-state index contributed by atoms with van der Waals surface area (Å²) >= 11 is 0. The van der Waals surface area contributed by atoms with E-state index in [2.05, 4.69) is 4.98 Å². The minimum Gasteiger partial charge on any atom is -0.496 e. The number of aryl methyl sites for hydroxylation is 3. The summed E-state index contributed by atoms with van der Waals surface area (Å²) in [4.78, 5) is 4.18. The Morgan fingerprint density at radius 3 is 2.37 bits per heavy atom. The Hall–Kier alpha value is -1.82. The number of nitrogens with zero attached hydrogens (tertiary/aromatic N) is 2. The molecule has 0 saturated carbocycles. The van der Waals surface area contributed by atoms with Crippen molar-refractivity contribution in [2.45, 2.75) is 25.7 Å². The van der Waals surface area contributed by atoms with Gasteiger partial charge >= 0.3 is 0 Å². The molecule has 2 rings (SSSR count). The number of hydrogen-bond acceptors (Lipinski definition) is 4. The molecule has 5 nitrogen and oxygen atoms in total. The van der Waals surface area contributed by atoms with E-state index in [1.807, 2.05) is 6.92 Å². The van der Waals surface area contributed by atoms with E-state index in [-0.39, 0.29) is 4.90 Å². The standard InChI is InChI=1S/C13H16N2O3S/c1-9-7-10(2)13(8-12(9)18-4)19(16,17)15-6-5-14-11(15)3/h5-8H,1-4H3. The topological polar surface area (TPSA) is 61.2 Å². The van der Waals surface area contributed by atoms with Crippen LogP contribution < -0.4 is 4.74 Å². The molecule has 0 saturated heterocycles. The third-order valence-corrected chi connectivity index (χ3v) is 4.91. The minimum absolute atomic E-state index is 0.232. The molecule has 0 N–H and O–H groups in total. The van der Waals surface area contributed by atoms with Crippen molar-refractivity contribution in [2.75, 3.05) is 7.11 Å². The molecule has 0 unspecified atom stereocenters. The average molecular weight is 280 g/mol. The third kappa shape index (κ3) is 2.23. The maximum absolute atomic E-state index is 12.6. The largest absolute Gasteiger partial charge is 0.496 e. The summed E-state index contributed by atoms with van der Waals surface area (Å²) in [7, 11) is -2.11. The molecule has 0 amide bonds. The molecule has 1 aromatic heterocycles. The number of methoxy groups -OCH3 is 1. The molecule has 0 radical (unpaired) electrons. The van der Waals surface area contributed by atoms with Gasteiger partial charge in [0.05, 0.1) is 12.0 Å². The zero-order valence-electron chi connectivity index (χ0n) is 11.3. The van der Waals surface area contributed by atoms with E-state index in [4.69, 9.17) is 4.74 Å². The van der Waals surface area contributed by atoms with E-state index in [1.165, 1.54) is 23.5 Å². The van der Waals surface area contributed by atoms with Crippen LogP contribution in [0.4, 0.5) is 0 Å². The van der Waals surface area contributed by atoms with Gasteiger partial charge in [0.2, 0.25) is 0 Å². The first-order valence-electron chi connectivity index (χ1n) is 5.78. The Labute approximate surface area is 112 Å². The Morgan fingerprint density at radius 1 is 1.16 bits per heavy atom. The predicted octanol–water partition coefficient (Wildman–Crippen LogP) is 2.05. The van der Waals surface area contributed by atoms with Gasteiger partial charge in [-0.2, -0.15) is 0 Å². The van der Waals surface area contributed by atoms with Crippen LogP contribution in [0.15, 0.2) is 29.4 Å². The number of hydrogen-bond donors (Lipinski definition) is 0. The zero-order chi connectivity index (χ0) is 14.2. The second-order valence-electron chi connectivity index (χ2n) is 4.36. The molecule has 0 aliphatic rings. The van der Waals surface area contributed by atoms with Crippen LogP contribution in [-0.2, 0) is 10.0 Å². The molecule has 1 aromatic carbocycles. The molecule has 0 aliphatic heterocycles. The van der Waals surface area contributed by atoms with Gasteiger partial charge in [-0.15, -0.1) is 0 Å².